The molecule has 0 aliphatic carbocycles. The Balaban J connectivity index is 2.11. The smallest absolute Gasteiger partial charge is 0.408 e. The molecule has 0 atom stereocenters. The van der Waals surface area contributed by atoms with Gasteiger partial charge in [0, 0.05) is 18.0 Å². The average molecular weight is 374 g/mol. The lowest BCUT2D eigenvalue weighted by Gasteiger charge is -2.07. The van der Waals surface area contributed by atoms with Crippen molar-refractivity contribution >= 4 is 49.2 Å². The van der Waals surface area contributed by atoms with E-state index in [1.54, 1.807) is 19.2 Å². The standard InChI is InChI=1S/C13H12ClN3O4S2/c1-3-17-9-4-8(14)11(5-10(9)21-13(17)18)23(19,20)16-12-15-7(2)6-22-12/h4-6H,3H2,1-2H3,(H,15,16). The van der Waals surface area contributed by atoms with E-state index >= 15 is 0 Å². The Bertz CT molecular complexity index is 1050. The first-order valence-corrected chi connectivity index (χ1v) is 9.33. The van der Waals surface area contributed by atoms with Crippen LogP contribution in [0.2, 0.25) is 5.02 Å². The number of hydrogen-bond acceptors (Lipinski definition) is 6. The number of benzene rings is 1. The minimum atomic E-state index is -3.94. The fourth-order valence-electron chi connectivity index (χ4n) is 2.14. The third-order valence-electron chi connectivity index (χ3n) is 3.17. The van der Waals surface area contributed by atoms with Gasteiger partial charge in [-0.05, 0) is 19.9 Å². The van der Waals surface area contributed by atoms with Crippen LogP contribution in [0.25, 0.3) is 11.1 Å². The van der Waals surface area contributed by atoms with Crippen LogP contribution in [0.5, 0.6) is 0 Å². The van der Waals surface area contributed by atoms with Gasteiger partial charge in [-0.25, -0.2) is 18.2 Å². The third-order valence-corrected chi connectivity index (χ3v) is 5.98. The number of aryl methyl sites for hydroxylation is 2. The number of nitrogens with one attached hydrogen (secondary N) is 1. The monoisotopic (exact) mass is 373 g/mol. The molecular formula is C13H12ClN3O4S2. The van der Waals surface area contributed by atoms with Crippen molar-refractivity contribution in [3.8, 4) is 0 Å². The highest BCUT2D eigenvalue weighted by Gasteiger charge is 2.22. The Morgan fingerprint density at radius 3 is 2.78 bits per heavy atom. The molecule has 0 saturated carbocycles. The molecule has 0 aliphatic rings. The van der Waals surface area contributed by atoms with Crippen molar-refractivity contribution in [2.45, 2.75) is 25.3 Å². The second-order valence-electron chi connectivity index (χ2n) is 4.76. The van der Waals surface area contributed by atoms with Gasteiger partial charge in [0.2, 0.25) is 0 Å². The molecular weight excluding hydrogens is 362 g/mol. The predicted octanol–water partition coefficient (Wildman–Crippen LogP) is 2.83. The highest BCUT2D eigenvalue weighted by Crippen LogP contribution is 2.29. The van der Waals surface area contributed by atoms with Crippen LogP contribution < -0.4 is 10.5 Å². The summed E-state index contributed by atoms with van der Waals surface area (Å²) in [6.45, 7) is 3.93. The highest BCUT2D eigenvalue weighted by atomic mass is 35.5. The first-order chi connectivity index (χ1) is 10.8. The Morgan fingerprint density at radius 2 is 2.17 bits per heavy atom. The molecule has 10 heteroatoms. The predicted molar refractivity (Wildman–Crippen MR) is 88.8 cm³/mol. The number of anilines is 1. The lowest BCUT2D eigenvalue weighted by atomic mass is 10.3. The molecule has 3 rings (SSSR count). The lowest BCUT2D eigenvalue weighted by molar-refractivity contribution is 0.512. The molecule has 7 nitrogen and oxygen atoms in total. The van der Waals surface area contributed by atoms with Crippen LogP contribution in [0, 0.1) is 6.92 Å². The van der Waals surface area contributed by atoms with Crippen molar-refractivity contribution in [3.05, 3.63) is 38.8 Å². The summed E-state index contributed by atoms with van der Waals surface area (Å²) < 4.78 is 33.8. The molecule has 2 heterocycles. The number of rotatable bonds is 4. The van der Waals surface area contributed by atoms with Crippen LogP contribution in [-0.4, -0.2) is 18.0 Å². The number of halogens is 1. The number of aromatic nitrogens is 2. The zero-order valence-electron chi connectivity index (χ0n) is 12.2. The first-order valence-electron chi connectivity index (χ1n) is 6.59. The molecule has 0 unspecified atom stereocenters. The van der Waals surface area contributed by atoms with Gasteiger partial charge in [0.1, 0.15) is 4.90 Å². The van der Waals surface area contributed by atoms with Crippen molar-refractivity contribution in [2.75, 3.05) is 4.72 Å². The Kier molecular flexibility index (Phi) is 3.95. The fraction of sp³-hybridized carbons (Fsp3) is 0.231. The van der Waals surface area contributed by atoms with Crippen LogP contribution in [0.4, 0.5) is 5.13 Å². The van der Waals surface area contributed by atoms with Crippen molar-refractivity contribution < 1.29 is 12.8 Å². The summed E-state index contributed by atoms with van der Waals surface area (Å²) in [7, 11) is -3.94. The fourth-order valence-corrected chi connectivity index (χ4v) is 4.62. The van der Waals surface area contributed by atoms with Crippen LogP contribution in [-0.2, 0) is 16.6 Å². The van der Waals surface area contributed by atoms with Gasteiger partial charge in [-0.1, -0.05) is 11.6 Å². The van der Waals surface area contributed by atoms with E-state index < -0.39 is 15.8 Å². The van der Waals surface area contributed by atoms with Gasteiger partial charge in [-0.3, -0.25) is 9.29 Å². The third kappa shape index (κ3) is 2.87. The maximum absolute atomic E-state index is 12.5. The summed E-state index contributed by atoms with van der Waals surface area (Å²) in [5.74, 6) is -0.559. The zero-order chi connectivity index (χ0) is 16.8. The normalized spacial score (nSPS) is 12.0. The molecule has 1 N–H and O–H groups in total. The summed E-state index contributed by atoms with van der Waals surface area (Å²) in [5, 5.41) is 1.97. The molecule has 3 aromatic rings. The summed E-state index contributed by atoms with van der Waals surface area (Å²) >= 11 is 7.27. The SMILES string of the molecule is CCn1c(=O)oc2cc(S(=O)(=O)Nc3nc(C)cs3)c(Cl)cc21. The van der Waals surface area contributed by atoms with Gasteiger partial charge in [0.25, 0.3) is 10.0 Å². The number of nitrogens with zero attached hydrogens (tertiary/aromatic N) is 2. The van der Waals surface area contributed by atoms with Crippen LogP contribution in [0.15, 0.2) is 31.6 Å². The zero-order valence-corrected chi connectivity index (χ0v) is 14.5. The largest absolute Gasteiger partial charge is 0.419 e. The summed E-state index contributed by atoms with van der Waals surface area (Å²) in [4.78, 5) is 15.6. The second-order valence-corrected chi connectivity index (χ2v) is 7.68. The number of sulfonamides is 1. The van der Waals surface area contributed by atoms with E-state index in [4.69, 9.17) is 16.0 Å². The lowest BCUT2D eigenvalue weighted by Crippen LogP contribution is -2.14. The topological polar surface area (TPSA) is 94.2 Å². The van der Waals surface area contributed by atoms with Crippen molar-refractivity contribution in [1.82, 2.24) is 9.55 Å². The summed E-state index contributed by atoms with van der Waals surface area (Å²) in [6, 6.07) is 2.65. The molecule has 0 fully saturated rings. The minimum absolute atomic E-state index is 0.00118. The van der Waals surface area contributed by atoms with Gasteiger partial charge in [0.15, 0.2) is 10.7 Å². The number of fused-ring (bicyclic) bond motifs is 1. The maximum atomic E-state index is 12.5. The van der Waals surface area contributed by atoms with Gasteiger partial charge < -0.3 is 4.42 Å². The van der Waals surface area contributed by atoms with E-state index in [0.29, 0.717) is 17.8 Å². The number of hydrogen-bond donors (Lipinski definition) is 1. The number of thiazole rings is 1. The Morgan fingerprint density at radius 1 is 1.43 bits per heavy atom. The second kappa shape index (κ2) is 5.66. The Hall–Kier alpha value is -1.84. The molecule has 0 amide bonds. The molecule has 0 spiro atoms. The van der Waals surface area contributed by atoms with E-state index in [1.165, 1.54) is 28.0 Å². The molecule has 0 bridgehead atoms. The van der Waals surface area contributed by atoms with Gasteiger partial charge >= 0.3 is 5.76 Å². The van der Waals surface area contributed by atoms with E-state index in [-0.39, 0.29) is 20.6 Å². The van der Waals surface area contributed by atoms with Gasteiger partial charge in [0.05, 0.1) is 16.2 Å². The molecule has 0 radical (unpaired) electrons. The minimum Gasteiger partial charge on any atom is -0.408 e. The van der Waals surface area contributed by atoms with Crippen molar-refractivity contribution in [2.24, 2.45) is 0 Å². The Labute approximate surface area is 140 Å². The van der Waals surface area contributed by atoms with Crippen LogP contribution >= 0.6 is 22.9 Å². The van der Waals surface area contributed by atoms with E-state index in [1.807, 2.05) is 0 Å². The molecule has 2 aromatic heterocycles. The average Bonchev–Trinajstić information content (AvgIpc) is 2.99. The van der Waals surface area contributed by atoms with E-state index in [9.17, 15) is 13.2 Å². The van der Waals surface area contributed by atoms with Gasteiger partial charge in [-0.15, -0.1) is 11.3 Å². The quantitative estimate of drug-likeness (QED) is 0.758. The molecule has 0 saturated heterocycles. The molecule has 0 aliphatic heterocycles. The van der Waals surface area contributed by atoms with Gasteiger partial charge in [-0.2, -0.15) is 0 Å². The van der Waals surface area contributed by atoms with Crippen molar-refractivity contribution in [3.63, 3.8) is 0 Å². The maximum Gasteiger partial charge on any atom is 0.419 e. The molecule has 23 heavy (non-hydrogen) atoms. The molecule has 122 valence electrons. The highest BCUT2D eigenvalue weighted by molar-refractivity contribution is 7.93. The van der Waals surface area contributed by atoms with Crippen LogP contribution in [0.1, 0.15) is 12.6 Å². The van der Waals surface area contributed by atoms with E-state index in [0.717, 1.165) is 0 Å². The van der Waals surface area contributed by atoms with E-state index in [2.05, 4.69) is 9.71 Å². The number of oxazole rings is 1. The summed E-state index contributed by atoms with van der Waals surface area (Å²) in [5.41, 5.74) is 1.32. The van der Waals surface area contributed by atoms with Crippen LogP contribution in [0.3, 0.4) is 0 Å². The summed E-state index contributed by atoms with van der Waals surface area (Å²) in [6.07, 6.45) is 0. The first kappa shape index (κ1) is 16.0. The van der Waals surface area contributed by atoms with Crippen molar-refractivity contribution in [1.29, 1.82) is 0 Å². The molecule has 1 aromatic carbocycles.